The van der Waals surface area contributed by atoms with Crippen LogP contribution in [0.15, 0.2) is 237 Å². The summed E-state index contributed by atoms with van der Waals surface area (Å²) in [4.78, 5) is 2.38. The number of nitrogens with zero attached hydrogens (tertiary/aromatic N) is 1. The molecule has 0 spiro atoms. The molecule has 0 aliphatic rings. The number of anilines is 3. The average Bonchev–Trinajstić information content (AvgIpc) is 0.781. The van der Waals surface area contributed by atoms with E-state index in [-0.39, 0.29) is 54.1 Å². The van der Waals surface area contributed by atoms with Gasteiger partial charge in [0.1, 0.15) is 0 Å². The summed E-state index contributed by atoms with van der Waals surface area (Å²) in [5, 5.41) is 13.4. The SMILES string of the molecule is CC(C)(C)c1ccc(C(C)(C)C)c(N(c2ccccc2)c2ccccc2)c1.CC(C)(C)c1ccc(C(C)(C)C)cc1.CC(C)(C)c1ccc2c(ccc3cc(C(C)(C)C)ccc32)c1.CC(C)(C)c1ccc2cc(C(C)(C)C)ccc2c1.CC(C)(C)c1ccc2cc3cc(C(C)(C)C)ccc3cc2c1. The largest absolute Gasteiger partial charge is 0.310 e. The number of benzene rings is 12. The van der Waals surface area contributed by atoms with Crippen molar-refractivity contribution < 1.29 is 0 Å². The summed E-state index contributed by atoms with van der Waals surface area (Å²) >= 11 is 0. The highest BCUT2D eigenvalue weighted by Crippen LogP contribution is 2.44. The van der Waals surface area contributed by atoms with Crippen molar-refractivity contribution in [3.63, 3.8) is 0 Å². The molecular weight excluding hydrogens is 1240 g/mol. The highest BCUT2D eigenvalue weighted by molar-refractivity contribution is 6.08. The first kappa shape index (κ1) is 80.4. The summed E-state index contributed by atoms with van der Waals surface area (Å²) < 4.78 is 0. The highest BCUT2D eigenvalue weighted by Gasteiger charge is 2.27. The Morgan fingerprint density at radius 2 is 0.379 bits per heavy atom. The van der Waals surface area contributed by atoms with Crippen molar-refractivity contribution in [1.82, 2.24) is 0 Å². The lowest BCUT2D eigenvalue weighted by Crippen LogP contribution is -2.21. The molecule has 12 aromatic rings. The minimum absolute atomic E-state index is 0.0492. The quantitative estimate of drug-likeness (QED) is 0.126. The first-order chi connectivity index (χ1) is 47.4. The van der Waals surface area contributed by atoms with Gasteiger partial charge < -0.3 is 4.90 Å². The third kappa shape index (κ3) is 21.0. The van der Waals surface area contributed by atoms with Gasteiger partial charge in [0, 0.05) is 11.4 Å². The molecule has 0 N–H and O–H groups in total. The zero-order valence-corrected chi connectivity index (χ0v) is 69.5. The molecular formula is C102H129N. The van der Waals surface area contributed by atoms with Gasteiger partial charge in [0.25, 0.3) is 0 Å². The minimum Gasteiger partial charge on any atom is -0.310 e. The standard InChI is InChI=1S/C26H31N.2C22H26.C18H24.C14H22/c1-25(2,3)20-17-18-23(26(4,5)6)24(19-20)27(21-13-9-7-10-14-21)22-15-11-8-12-16-22;1-21(2,3)19-9-7-15-12-18-14-20(22(4,5)6)10-8-16(18)11-17(15)13-19;1-21(2,3)17-9-11-19-15(13-17)7-8-16-14-18(22(4,5)6)10-12-20(16)19;1-17(2,3)15-9-7-14-12-16(18(4,5)6)10-8-13(14)11-15;1-13(2,3)11-7-9-12(10-8-11)14(4,5)6/h7-19H,1-6H3;2*7-14H,1-6H3;7-12H,1-6H3;7-10H,1-6H3. The van der Waals surface area contributed by atoms with Gasteiger partial charge in [-0.05, 0) is 206 Å². The Hall–Kier alpha value is -8.26. The minimum atomic E-state index is 0.0492. The fraction of sp³-hybridized carbons (Fsp3) is 0.392. The summed E-state index contributed by atoms with van der Waals surface area (Å²) in [6.07, 6.45) is 0. The fourth-order valence-electron chi connectivity index (χ4n) is 13.0. The van der Waals surface area contributed by atoms with Gasteiger partial charge in [-0.2, -0.15) is 0 Å². The van der Waals surface area contributed by atoms with Gasteiger partial charge in [-0.1, -0.05) is 402 Å². The first-order valence-corrected chi connectivity index (χ1v) is 38.0. The van der Waals surface area contributed by atoms with E-state index in [0.717, 1.165) is 0 Å². The maximum Gasteiger partial charge on any atom is 0.0501 e. The normalized spacial score (nSPS) is 12.8. The third-order valence-electron chi connectivity index (χ3n) is 20.2. The fourth-order valence-corrected chi connectivity index (χ4v) is 13.0. The molecule has 0 radical (unpaired) electrons. The van der Waals surface area contributed by atoms with E-state index in [4.69, 9.17) is 0 Å². The average molecular weight is 1370 g/mol. The van der Waals surface area contributed by atoms with Crippen molar-refractivity contribution in [3.05, 3.63) is 292 Å². The topological polar surface area (TPSA) is 3.24 Å². The number of fused-ring (bicyclic) bond motifs is 6. The van der Waals surface area contributed by atoms with Crippen LogP contribution < -0.4 is 4.90 Å². The number of para-hydroxylation sites is 2. The lowest BCUT2D eigenvalue weighted by Gasteiger charge is -2.33. The summed E-state index contributed by atoms with van der Waals surface area (Å²) in [7, 11) is 0. The van der Waals surface area contributed by atoms with Crippen LogP contribution in [0.25, 0.3) is 53.9 Å². The van der Waals surface area contributed by atoms with Crippen molar-refractivity contribution in [2.75, 3.05) is 4.90 Å². The van der Waals surface area contributed by atoms with Gasteiger partial charge in [-0.15, -0.1) is 0 Å². The molecule has 0 aliphatic carbocycles. The van der Waals surface area contributed by atoms with Gasteiger partial charge in [-0.3, -0.25) is 0 Å². The Bertz CT molecular complexity index is 4510. The van der Waals surface area contributed by atoms with Crippen molar-refractivity contribution >= 4 is 70.9 Å². The second kappa shape index (κ2) is 30.4. The van der Waals surface area contributed by atoms with Crippen LogP contribution in [-0.4, -0.2) is 0 Å². The number of hydrogen-bond acceptors (Lipinski definition) is 1. The second-order valence-electron chi connectivity index (χ2n) is 39.5. The Kier molecular flexibility index (Phi) is 23.8. The van der Waals surface area contributed by atoms with E-state index in [2.05, 4.69) is 449 Å². The Morgan fingerprint density at radius 3 is 0.650 bits per heavy atom. The van der Waals surface area contributed by atoms with Crippen LogP contribution in [0.4, 0.5) is 17.1 Å². The van der Waals surface area contributed by atoms with Gasteiger partial charge in [-0.25, -0.2) is 0 Å². The Balaban J connectivity index is 0.000000166. The van der Waals surface area contributed by atoms with Gasteiger partial charge in [0.05, 0.1) is 5.69 Å². The third-order valence-corrected chi connectivity index (χ3v) is 20.2. The van der Waals surface area contributed by atoms with Crippen molar-refractivity contribution in [1.29, 1.82) is 0 Å². The maximum absolute atomic E-state index is 2.38. The summed E-state index contributed by atoms with van der Waals surface area (Å²) in [6.45, 7) is 68.0. The molecule has 103 heavy (non-hydrogen) atoms. The zero-order valence-electron chi connectivity index (χ0n) is 69.5. The number of hydrogen-bond donors (Lipinski definition) is 0. The molecule has 542 valence electrons. The van der Waals surface area contributed by atoms with Gasteiger partial charge in [0.2, 0.25) is 0 Å². The molecule has 12 aromatic carbocycles. The summed E-state index contributed by atoms with van der Waals surface area (Å²) in [5.74, 6) is 0. The van der Waals surface area contributed by atoms with Crippen LogP contribution in [0, 0.1) is 0 Å². The Labute approximate surface area is 626 Å². The zero-order chi connectivity index (χ0) is 76.4. The molecule has 0 bridgehead atoms. The van der Waals surface area contributed by atoms with Crippen LogP contribution in [0.5, 0.6) is 0 Å². The molecule has 0 fully saturated rings. The van der Waals surface area contributed by atoms with E-state index in [1.165, 1.54) is 127 Å². The van der Waals surface area contributed by atoms with E-state index in [9.17, 15) is 0 Å². The predicted octanol–water partition coefficient (Wildman–Crippen LogP) is 30.6. The molecule has 0 saturated carbocycles. The van der Waals surface area contributed by atoms with E-state index in [0.29, 0.717) is 0 Å². The Morgan fingerprint density at radius 1 is 0.165 bits per heavy atom. The summed E-state index contributed by atoms with van der Waals surface area (Å²) in [5.41, 5.74) is 19.4. The molecule has 0 heterocycles. The van der Waals surface area contributed by atoms with Crippen LogP contribution >= 0.6 is 0 Å². The van der Waals surface area contributed by atoms with Crippen LogP contribution in [0.1, 0.15) is 263 Å². The summed E-state index contributed by atoms with van der Waals surface area (Å²) in [6, 6.07) is 87.7. The predicted molar refractivity (Wildman–Crippen MR) is 461 cm³/mol. The molecule has 1 heteroatoms. The molecule has 12 rings (SSSR count). The van der Waals surface area contributed by atoms with Crippen LogP contribution in [-0.2, 0) is 54.1 Å². The van der Waals surface area contributed by atoms with Crippen LogP contribution in [0.3, 0.4) is 0 Å². The van der Waals surface area contributed by atoms with Crippen molar-refractivity contribution in [3.8, 4) is 0 Å². The molecule has 0 amide bonds. The highest BCUT2D eigenvalue weighted by atomic mass is 15.1. The molecule has 1 nitrogen and oxygen atoms in total. The molecule has 0 atom stereocenters. The van der Waals surface area contributed by atoms with Gasteiger partial charge >= 0.3 is 0 Å². The molecule has 0 unspecified atom stereocenters. The maximum atomic E-state index is 2.38. The molecule has 0 aliphatic heterocycles. The van der Waals surface area contributed by atoms with Gasteiger partial charge in [0.15, 0.2) is 0 Å². The monoisotopic (exact) mass is 1370 g/mol. The lowest BCUT2D eigenvalue weighted by atomic mass is 9.80. The van der Waals surface area contributed by atoms with E-state index < -0.39 is 0 Å². The van der Waals surface area contributed by atoms with Crippen LogP contribution in [0.2, 0.25) is 0 Å². The van der Waals surface area contributed by atoms with E-state index in [1.807, 2.05) is 0 Å². The van der Waals surface area contributed by atoms with Crippen molar-refractivity contribution in [2.24, 2.45) is 0 Å². The molecule has 0 saturated heterocycles. The van der Waals surface area contributed by atoms with Crippen molar-refractivity contribution in [2.45, 2.75) is 262 Å². The van der Waals surface area contributed by atoms with E-state index in [1.54, 1.807) is 0 Å². The lowest BCUT2D eigenvalue weighted by molar-refractivity contribution is 0.577. The smallest absolute Gasteiger partial charge is 0.0501 e. The second-order valence-corrected chi connectivity index (χ2v) is 39.5. The molecule has 0 aromatic heterocycles. The van der Waals surface area contributed by atoms with E-state index >= 15 is 0 Å². The number of rotatable bonds is 3. The first-order valence-electron chi connectivity index (χ1n) is 38.0.